The van der Waals surface area contributed by atoms with Crippen molar-refractivity contribution in [2.24, 2.45) is 10.9 Å². The molecule has 11 nitrogen and oxygen atoms in total. The highest BCUT2D eigenvalue weighted by Crippen LogP contribution is 2.47. The Morgan fingerprint density at radius 2 is 2.21 bits per heavy atom. The highest BCUT2D eigenvalue weighted by atomic mass is 32.2. The van der Waals surface area contributed by atoms with Crippen LogP contribution in [0.25, 0.3) is 0 Å². The van der Waals surface area contributed by atoms with E-state index in [-0.39, 0.29) is 22.2 Å². The van der Waals surface area contributed by atoms with Crippen LogP contribution in [-0.4, -0.2) is 69.3 Å². The molecule has 0 saturated carbocycles. The van der Waals surface area contributed by atoms with Gasteiger partial charge in [-0.05, 0) is 29.7 Å². The topological polar surface area (TPSA) is 173 Å². The lowest BCUT2D eigenvalue weighted by atomic mass is 10.0. The van der Waals surface area contributed by atoms with Crippen LogP contribution in [-0.2, 0) is 19.2 Å². The number of anilines is 1. The first-order valence-electron chi connectivity index (χ1n) is 9.99. The number of rotatable bonds is 8. The van der Waals surface area contributed by atoms with E-state index in [1.807, 2.05) is 0 Å². The molecule has 1 aliphatic carbocycles. The average molecular weight is 511 g/mol. The first-order chi connectivity index (χ1) is 15.8. The summed E-state index contributed by atoms with van der Waals surface area (Å²) in [5, 5.41) is 17.5. The van der Waals surface area contributed by atoms with Crippen LogP contribution in [0.15, 0.2) is 31.6 Å². The fraction of sp³-hybridized carbons (Fsp3) is 0.421. The third-order valence-corrected chi connectivity index (χ3v) is 8.81. The Labute approximate surface area is 201 Å². The molecule has 0 aromatic carbocycles. The maximum atomic E-state index is 12.9. The lowest BCUT2D eigenvalue weighted by molar-refractivity contribution is -0.150. The first kappa shape index (κ1) is 23.6. The van der Waals surface area contributed by atoms with E-state index in [0.717, 1.165) is 41.1 Å². The quantitative estimate of drug-likeness (QED) is 0.223. The first-order valence-corrected chi connectivity index (χ1v) is 12.7. The molecule has 4 rings (SSSR count). The average Bonchev–Trinajstić information content (AvgIpc) is 3.43. The van der Waals surface area contributed by atoms with E-state index < -0.39 is 29.2 Å². The van der Waals surface area contributed by atoms with Crippen molar-refractivity contribution < 1.29 is 24.3 Å². The normalized spacial score (nSPS) is 22.9. The fourth-order valence-electron chi connectivity index (χ4n) is 3.84. The predicted molar refractivity (Wildman–Crippen MR) is 127 cm³/mol. The maximum Gasteiger partial charge on any atom is 0.353 e. The number of nitrogens with two attached hydrogens (primary N) is 2. The summed E-state index contributed by atoms with van der Waals surface area (Å²) in [5.74, 6) is -1.92. The van der Waals surface area contributed by atoms with Crippen LogP contribution in [0.5, 0.6) is 0 Å². The Balaban J connectivity index is 1.53. The van der Waals surface area contributed by atoms with E-state index >= 15 is 0 Å². The molecule has 1 aromatic rings. The molecule has 2 amide bonds. The van der Waals surface area contributed by atoms with E-state index in [0.29, 0.717) is 17.2 Å². The molecule has 2 aliphatic heterocycles. The second-order valence-corrected chi connectivity index (χ2v) is 10.5. The second-order valence-electron chi connectivity index (χ2n) is 7.32. The van der Waals surface area contributed by atoms with Gasteiger partial charge in [0.15, 0.2) is 10.8 Å². The number of nitrogen functional groups attached to an aromatic ring is 1. The number of fused-ring (bicyclic) bond motifs is 1. The Bertz CT molecular complexity index is 1100. The number of hydrogen-bond donors (Lipinski definition) is 4. The van der Waals surface area contributed by atoms with E-state index in [9.17, 15) is 19.5 Å². The largest absolute Gasteiger partial charge is 0.477 e. The van der Waals surface area contributed by atoms with Gasteiger partial charge >= 0.3 is 5.97 Å². The molecule has 1 aromatic heterocycles. The molecule has 3 aliphatic rings. The molecule has 3 heterocycles. The maximum absolute atomic E-state index is 12.9. The number of β-lactam (4-membered cyclic amide) rings is 1. The van der Waals surface area contributed by atoms with Gasteiger partial charge in [0, 0.05) is 22.6 Å². The van der Waals surface area contributed by atoms with Crippen molar-refractivity contribution in [2.45, 2.75) is 30.7 Å². The molecule has 33 heavy (non-hydrogen) atoms. The number of carbonyl (C=O) groups excluding carboxylic acids is 2. The van der Waals surface area contributed by atoms with Gasteiger partial charge in [-0.15, -0.1) is 23.1 Å². The molecule has 14 heteroatoms. The minimum absolute atomic E-state index is 0.0342. The summed E-state index contributed by atoms with van der Waals surface area (Å²) in [6.07, 6.45) is 2.77. The summed E-state index contributed by atoms with van der Waals surface area (Å²) in [4.78, 5) is 49.5. The standard InChI is InChI=1S/C19H22N6O5S3/c1-30-24-12(9-6-32-19(21)22-9)15(26)23-13-16(27)25-14(18(28)29)11(7-31-17(13)25)33-10-4-2-3-8(10)5-20/h6,13,17H,2-5,7,20H2,1H3,(H2,21,22)(H,23,26)(H,28,29)/b24-12-/t13?,17-/m1/s1. The van der Waals surface area contributed by atoms with Gasteiger partial charge in [0.05, 0.1) is 0 Å². The van der Waals surface area contributed by atoms with E-state index in [1.165, 1.54) is 35.5 Å². The molecule has 1 fully saturated rings. The van der Waals surface area contributed by atoms with Crippen LogP contribution >= 0.6 is 34.9 Å². The molecule has 0 radical (unpaired) electrons. The van der Waals surface area contributed by atoms with E-state index in [2.05, 4.69) is 15.5 Å². The van der Waals surface area contributed by atoms with Gasteiger partial charge < -0.3 is 26.7 Å². The Kier molecular flexibility index (Phi) is 6.97. The van der Waals surface area contributed by atoms with E-state index in [1.54, 1.807) is 5.38 Å². The minimum atomic E-state index is -1.17. The zero-order chi connectivity index (χ0) is 23.7. The third-order valence-electron chi connectivity index (χ3n) is 5.35. The molecule has 1 unspecified atom stereocenters. The van der Waals surface area contributed by atoms with Crippen molar-refractivity contribution in [3.63, 3.8) is 0 Å². The number of nitrogens with zero attached hydrogens (tertiary/aromatic N) is 3. The molecule has 1 saturated heterocycles. The van der Waals surface area contributed by atoms with Gasteiger partial charge in [0.25, 0.3) is 11.8 Å². The van der Waals surface area contributed by atoms with Gasteiger partial charge in [-0.1, -0.05) is 16.9 Å². The highest BCUT2D eigenvalue weighted by molar-refractivity contribution is 8.09. The van der Waals surface area contributed by atoms with Gasteiger partial charge in [-0.2, -0.15) is 0 Å². The molecule has 2 atom stereocenters. The number of carboxylic acids is 1. The summed E-state index contributed by atoms with van der Waals surface area (Å²) >= 11 is 3.95. The van der Waals surface area contributed by atoms with Crippen molar-refractivity contribution in [1.29, 1.82) is 0 Å². The number of thiazole rings is 1. The van der Waals surface area contributed by atoms with Crippen molar-refractivity contribution in [1.82, 2.24) is 15.2 Å². The van der Waals surface area contributed by atoms with Crippen molar-refractivity contribution in [2.75, 3.05) is 25.1 Å². The third kappa shape index (κ3) is 4.47. The lowest BCUT2D eigenvalue weighted by Crippen LogP contribution is -2.71. The van der Waals surface area contributed by atoms with Gasteiger partial charge in [-0.3, -0.25) is 14.5 Å². The van der Waals surface area contributed by atoms with Crippen LogP contribution in [0, 0.1) is 0 Å². The number of oxime groups is 1. The number of allylic oxidation sites excluding steroid dienone is 1. The number of carboxylic acid groups (broad SMARTS) is 1. The van der Waals surface area contributed by atoms with Crippen molar-refractivity contribution in [3.05, 3.63) is 32.2 Å². The van der Waals surface area contributed by atoms with E-state index in [4.69, 9.17) is 16.3 Å². The molecular formula is C19H22N6O5S3. The number of nitrogens with one attached hydrogen (secondary N) is 1. The Hall–Kier alpha value is -2.55. The number of aliphatic carboxylic acids is 1. The monoisotopic (exact) mass is 510 g/mol. The molecule has 0 bridgehead atoms. The lowest BCUT2D eigenvalue weighted by Gasteiger charge is -2.49. The number of amides is 2. The fourth-order valence-corrected chi connectivity index (χ4v) is 7.18. The summed E-state index contributed by atoms with van der Waals surface area (Å²) in [6.45, 7) is 0.445. The van der Waals surface area contributed by atoms with Crippen LogP contribution < -0.4 is 16.8 Å². The van der Waals surface area contributed by atoms with Crippen LogP contribution in [0.4, 0.5) is 5.13 Å². The molecular weight excluding hydrogens is 488 g/mol. The van der Waals surface area contributed by atoms with Crippen molar-refractivity contribution in [3.8, 4) is 0 Å². The Morgan fingerprint density at radius 3 is 2.85 bits per heavy atom. The highest BCUT2D eigenvalue weighted by Gasteiger charge is 2.54. The van der Waals surface area contributed by atoms with Gasteiger partial charge in [0.2, 0.25) is 0 Å². The number of thioether (sulfide) groups is 2. The van der Waals surface area contributed by atoms with Gasteiger partial charge in [0.1, 0.15) is 29.9 Å². The SMILES string of the molecule is CO/N=C(\C(=O)NC1C(=O)N2C(C(=O)O)=C(SC3=C(CN)CCC3)CS[C@H]12)c1csc(N)n1. The number of aromatic nitrogens is 1. The van der Waals surface area contributed by atoms with Crippen molar-refractivity contribution >= 4 is 63.5 Å². The number of hydrogen-bond acceptors (Lipinski definition) is 11. The molecule has 0 spiro atoms. The Morgan fingerprint density at radius 1 is 1.42 bits per heavy atom. The summed E-state index contributed by atoms with van der Waals surface area (Å²) in [5.41, 5.74) is 12.7. The predicted octanol–water partition coefficient (Wildman–Crippen LogP) is 0.902. The summed E-state index contributed by atoms with van der Waals surface area (Å²) < 4.78 is 0. The second kappa shape index (κ2) is 9.75. The van der Waals surface area contributed by atoms with Crippen LogP contribution in [0.2, 0.25) is 0 Å². The van der Waals surface area contributed by atoms with Gasteiger partial charge in [-0.25, -0.2) is 9.78 Å². The zero-order valence-electron chi connectivity index (χ0n) is 17.6. The summed E-state index contributed by atoms with van der Waals surface area (Å²) in [6, 6.07) is -0.897. The minimum Gasteiger partial charge on any atom is -0.477 e. The zero-order valence-corrected chi connectivity index (χ0v) is 20.0. The smallest absolute Gasteiger partial charge is 0.353 e. The summed E-state index contributed by atoms with van der Waals surface area (Å²) in [7, 11) is 1.29. The van der Waals surface area contributed by atoms with Crippen LogP contribution in [0.3, 0.4) is 0 Å². The molecule has 6 N–H and O–H groups in total. The van der Waals surface area contributed by atoms with Crippen LogP contribution in [0.1, 0.15) is 25.0 Å². The molecule has 176 valence electrons. The number of carbonyl (C=O) groups is 3.